The molecule has 0 saturated heterocycles. The van der Waals surface area contributed by atoms with Crippen LogP contribution < -0.4 is 11.1 Å². The van der Waals surface area contributed by atoms with E-state index in [2.05, 4.69) is 36.4 Å². The maximum atomic E-state index is 12.7. The maximum Gasteiger partial charge on any atom is 0.271 e. The summed E-state index contributed by atoms with van der Waals surface area (Å²) in [4.78, 5) is 24.5. The lowest BCUT2D eigenvalue weighted by Crippen LogP contribution is -2.30. The fourth-order valence-corrected chi connectivity index (χ4v) is 3.17. The van der Waals surface area contributed by atoms with Gasteiger partial charge in [-0.3, -0.25) is 9.59 Å². The summed E-state index contributed by atoms with van der Waals surface area (Å²) in [6.07, 6.45) is 0. The Kier molecular flexibility index (Phi) is 5.89. The van der Waals surface area contributed by atoms with Gasteiger partial charge in [0.05, 0.1) is 5.69 Å². The number of primary amides is 1. The summed E-state index contributed by atoms with van der Waals surface area (Å²) in [5, 5.41) is 7.24. The highest BCUT2D eigenvalue weighted by atomic mass is 16.2. The quantitative estimate of drug-likeness (QED) is 0.664. The van der Waals surface area contributed by atoms with Crippen molar-refractivity contribution in [3.8, 4) is 5.69 Å². The molecule has 2 amide bonds. The number of rotatable bonds is 7. The van der Waals surface area contributed by atoms with Crippen molar-refractivity contribution in [1.29, 1.82) is 0 Å². The van der Waals surface area contributed by atoms with Gasteiger partial charge in [-0.25, -0.2) is 4.68 Å². The number of nitrogens with zero attached hydrogens (tertiary/aromatic N) is 2. The standard InChI is InChI=1S/C22H24N4O2/c1-15(2)18(16-9-5-3-6-10-16)14-24-22(28)19-13-20(21(23)27)26(25-19)17-11-7-4-8-12-17/h3-13,15,18H,14H2,1-2H3,(H2,23,27)(H,24,28). The number of hydrogen-bond acceptors (Lipinski definition) is 3. The van der Waals surface area contributed by atoms with E-state index in [-0.39, 0.29) is 23.2 Å². The highest BCUT2D eigenvalue weighted by molar-refractivity contribution is 5.97. The Labute approximate surface area is 164 Å². The second kappa shape index (κ2) is 8.52. The van der Waals surface area contributed by atoms with Gasteiger partial charge < -0.3 is 11.1 Å². The maximum absolute atomic E-state index is 12.7. The summed E-state index contributed by atoms with van der Waals surface area (Å²) in [5.74, 6) is -0.443. The predicted octanol–water partition coefficient (Wildman–Crippen LogP) is 3.14. The molecule has 0 fully saturated rings. The number of aromatic nitrogens is 2. The van der Waals surface area contributed by atoms with Crippen molar-refractivity contribution >= 4 is 11.8 Å². The number of hydrogen-bond donors (Lipinski definition) is 2. The van der Waals surface area contributed by atoms with Crippen molar-refractivity contribution in [3.05, 3.63) is 83.7 Å². The first-order valence-corrected chi connectivity index (χ1v) is 9.25. The van der Waals surface area contributed by atoms with E-state index >= 15 is 0 Å². The minimum Gasteiger partial charge on any atom is -0.364 e. The Hall–Kier alpha value is -3.41. The van der Waals surface area contributed by atoms with Gasteiger partial charge in [0.2, 0.25) is 0 Å². The molecule has 3 rings (SSSR count). The molecule has 1 unspecified atom stereocenters. The number of amides is 2. The molecule has 0 radical (unpaired) electrons. The topological polar surface area (TPSA) is 90.0 Å². The summed E-state index contributed by atoms with van der Waals surface area (Å²) in [6, 6.07) is 20.6. The van der Waals surface area contributed by atoms with E-state index in [1.165, 1.54) is 16.3 Å². The Balaban J connectivity index is 1.80. The van der Waals surface area contributed by atoms with Gasteiger partial charge in [-0.05, 0) is 23.6 Å². The SMILES string of the molecule is CC(C)C(CNC(=O)c1cc(C(N)=O)n(-c2ccccc2)n1)c1ccccc1. The van der Waals surface area contributed by atoms with E-state index in [1.807, 2.05) is 36.4 Å². The van der Waals surface area contributed by atoms with Gasteiger partial charge in [0.15, 0.2) is 5.69 Å². The molecule has 0 bridgehead atoms. The molecule has 144 valence electrons. The van der Waals surface area contributed by atoms with Gasteiger partial charge in [-0.2, -0.15) is 5.10 Å². The highest BCUT2D eigenvalue weighted by Crippen LogP contribution is 2.23. The van der Waals surface area contributed by atoms with Crippen molar-refractivity contribution in [2.45, 2.75) is 19.8 Å². The minimum atomic E-state index is -0.639. The Morgan fingerprint density at radius 1 is 1.04 bits per heavy atom. The molecule has 0 aliphatic carbocycles. The summed E-state index contributed by atoms with van der Waals surface area (Å²) >= 11 is 0. The van der Waals surface area contributed by atoms with Gasteiger partial charge in [-0.1, -0.05) is 62.4 Å². The smallest absolute Gasteiger partial charge is 0.271 e. The third kappa shape index (κ3) is 4.28. The molecule has 0 saturated carbocycles. The third-order valence-electron chi connectivity index (χ3n) is 4.71. The molecule has 3 aromatic rings. The fourth-order valence-electron chi connectivity index (χ4n) is 3.17. The van der Waals surface area contributed by atoms with Crippen LogP contribution in [0.25, 0.3) is 5.69 Å². The van der Waals surface area contributed by atoms with E-state index < -0.39 is 5.91 Å². The Morgan fingerprint density at radius 2 is 1.64 bits per heavy atom. The lowest BCUT2D eigenvalue weighted by Gasteiger charge is -2.21. The van der Waals surface area contributed by atoms with Crippen LogP contribution in [-0.2, 0) is 0 Å². The number of carbonyl (C=O) groups is 2. The molecule has 0 aliphatic heterocycles. The van der Waals surface area contributed by atoms with Crippen LogP contribution in [0.15, 0.2) is 66.7 Å². The summed E-state index contributed by atoms with van der Waals surface area (Å²) in [5.41, 5.74) is 7.64. The molecule has 1 atom stereocenters. The lowest BCUT2D eigenvalue weighted by atomic mass is 9.88. The van der Waals surface area contributed by atoms with Gasteiger partial charge >= 0.3 is 0 Å². The Morgan fingerprint density at radius 3 is 2.21 bits per heavy atom. The van der Waals surface area contributed by atoms with Crippen LogP contribution in [0.2, 0.25) is 0 Å². The van der Waals surface area contributed by atoms with Crippen molar-refractivity contribution in [3.63, 3.8) is 0 Å². The summed E-state index contributed by atoms with van der Waals surface area (Å²) in [7, 11) is 0. The van der Waals surface area contributed by atoms with Crippen molar-refractivity contribution in [2.24, 2.45) is 11.7 Å². The molecule has 28 heavy (non-hydrogen) atoms. The van der Waals surface area contributed by atoms with Crippen LogP contribution >= 0.6 is 0 Å². The van der Waals surface area contributed by atoms with E-state index in [4.69, 9.17) is 5.73 Å². The zero-order chi connectivity index (χ0) is 20.1. The van der Waals surface area contributed by atoms with Crippen LogP contribution in [0.5, 0.6) is 0 Å². The molecule has 0 aliphatic rings. The Bertz CT molecular complexity index is 949. The first-order chi connectivity index (χ1) is 13.5. The summed E-state index contributed by atoms with van der Waals surface area (Å²) < 4.78 is 1.40. The number of carbonyl (C=O) groups excluding carboxylic acids is 2. The molecule has 6 nitrogen and oxygen atoms in total. The zero-order valence-electron chi connectivity index (χ0n) is 16.0. The predicted molar refractivity (Wildman–Crippen MR) is 108 cm³/mol. The van der Waals surface area contributed by atoms with Gasteiger partial charge in [0.25, 0.3) is 11.8 Å². The van der Waals surface area contributed by atoms with Gasteiger partial charge in [0, 0.05) is 18.5 Å². The number of nitrogens with one attached hydrogen (secondary N) is 1. The molecule has 3 N–H and O–H groups in total. The highest BCUT2D eigenvalue weighted by Gasteiger charge is 2.21. The second-order valence-corrected chi connectivity index (χ2v) is 7.00. The second-order valence-electron chi connectivity index (χ2n) is 7.00. The van der Waals surface area contributed by atoms with Crippen LogP contribution in [0.4, 0.5) is 0 Å². The van der Waals surface area contributed by atoms with Crippen LogP contribution in [0.3, 0.4) is 0 Å². The largest absolute Gasteiger partial charge is 0.364 e. The van der Waals surface area contributed by atoms with Crippen LogP contribution in [-0.4, -0.2) is 28.1 Å². The van der Waals surface area contributed by atoms with Crippen LogP contribution in [0.1, 0.15) is 46.3 Å². The van der Waals surface area contributed by atoms with Gasteiger partial charge in [-0.15, -0.1) is 0 Å². The summed E-state index contributed by atoms with van der Waals surface area (Å²) in [6.45, 7) is 4.73. The molecule has 1 heterocycles. The third-order valence-corrected chi connectivity index (χ3v) is 4.71. The monoisotopic (exact) mass is 376 g/mol. The van der Waals surface area contributed by atoms with E-state index in [9.17, 15) is 9.59 Å². The first kappa shape index (κ1) is 19.4. The minimum absolute atomic E-state index is 0.160. The van der Waals surface area contributed by atoms with E-state index in [0.717, 1.165) is 0 Å². The first-order valence-electron chi connectivity index (χ1n) is 9.25. The molecule has 6 heteroatoms. The normalized spacial score (nSPS) is 12.0. The number of para-hydroxylation sites is 1. The van der Waals surface area contributed by atoms with Crippen LogP contribution in [0, 0.1) is 5.92 Å². The van der Waals surface area contributed by atoms with E-state index in [0.29, 0.717) is 18.2 Å². The average molecular weight is 376 g/mol. The molecule has 1 aromatic heterocycles. The average Bonchev–Trinajstić information content (AvgIpc) is 3.15. The molecule has 0 spiro atoms. The fraction of sp³-hybridized carbons (Fsp3) is 0.227. The van der Waals surface area contributed by atoms with Crippen molar-refractivity contribution < 1.29 is 9.59 Å². The number of nitrogens with two attached hydrogens (primary N) is 1. The van der Waals surface area contributed by atoms with Gasteiger partial charge in [0.1, 0.15) is 5.69 Å². The van der Waals surface area contributed by atoms with E-state index in [1.54, 1.807) is 12.1 Å². The lowest BCUT2D eigenvalue weighted by molar-refractivity contribution is 0.0942. The molecular formula is C22H24N4O2. The van der Waals surface area contributed by atoms with Crippen molar-refractivity contribution in [1.82, 2.24) is 15.1 Å². The molecule has 2 aromatic carbocycles. The van der Waals surface area contributed by atoms with Crippen molar-refractivity contribution in [2.75, 3.05) is 6.54 Å². The molecular weight excluding hydrogens is 352 g/mol. The zero-order valence-corrected chi connectivity index (χ0v) is 16.0. The number of benzene rings is 2.